The molecule has 0 radical (unpaired) electrons. The Bertz CT molecular complexity index is 928. The van der Waals surface area contributed by atoms with Crippen molar-refractivity contribution in [3.8, 4) is 0 Å². The van der Waals surface area contributed by atoms with Crippen LogP contribution in [0, 0.1) is 5.82 Å². The van der Waals surface area contributed by atoms with Crippen LogP contribution >= 0.6 is 23.2 Å². The van der Waals surface area contributed by atoms with Crippen LogP contribution in [-0.2, 0) is 10.0 Å². The second-order valence-electron chi connectivity index (χ2n) is 5.76. The Balaban J connectivity index is 1.72. The van der Waals surface area contributed by atoms with Crippen molar-refractivity contribution in [2.75, 3.05) is 26.2 Å². The van der Waals surface area contributed by atoms with E-state index in [0.717, 1.165) is 0 Å². The Morgan fingerprint density at radius 1 is 0.962 bits per heavy atom. The van der Waals surface area contributed by atoms with Gasteiger partial charge in [0.2, 0.25) is 10.0 Å². The van der Waals surface area contributed by atoms with Crippen LogP contribution < -0.4 is 0 Å². The number of sulfonamides is 1. The molecule has 1 fully saturated rings. The first-order valence-electron chi connectivity index (χ1n) is 7.80. The molecule has 2 aromatic carbocycles. The molecule has 0 aliphatic carbocycles. The number of rotatable bonds is 3. The van der Waals surface area contributed by atoms with Crippen molar-refractivity contribution in [3.05, 3.63) is 63.9 Å². The van der Waals surface area contributed by atoms with E-state index in [-0.39, 0.29) is 47.0 Å². The third-order valence-corrected chi connectivity index (χ3v) is 7.02. The summed E-state index contributed by atoms with van der Waals surface area (Å²) in [5, 5.41) is 0.150. The van der Waals surface area contributed by atoms with Gasteiger partial charge in [-0.25, -0.2) is 12.8 Å². The second-order valence-corrected chi connectivity index (χ2v) is 8.45. The number of hydrogen-bond donors (Lipinski definition) is 0. The van der Waals surface area contributed by atoms with Crippen LogP contribution in [0.3, 0.4) is 0 Å². The first kappa shape index (κ1) is 19.1. The fourth-order valence-corrected chi connectivity index (χ4v) is 4.89. The van der Waals surface area contributed by atoms with Gasteiger partial charge in [0, 0.05) is 31.7 Å². The van der Waals surface area contributed by atoms with Gasteiger partial charge in [0.05, 0.1) is 10.0 Å². The van der Waals surface area contributed by atoms with Crippen LogP contribution in [0.15, 0.2) is 47.4 Å². The maximum Gasteiger partial charge on any atom is 0.253 e. The standard InChI is InChI=1S/C17H15Cl2FN2O3S/c18-14-2-1-3-15(16(14)19)26(24,25)22-10-8-21(9-11-22)17(23)12-4-6-13(20)7-5-12/h1-7H,8-11H2. The average molecular weight is 417 g/mol. The van der Waals surface area contributed by atoms with E-state index in [2.05, 4.69) is 0 Å². The number of piperazine rings is 1. The third kappa shape index (κ3) is 3.71. The van der Waals surface area contributed by atoms with E-state index in [0.29, 0.717) is 5.56 Å². The molecule has 0 spiro atoms. The summed E-state index contributed by atoms with van der Waals surface area (Å²) in [5.74, 6) is -0.682. The summed E-state index contributed by atoms with van der Waals surface area (Å²) in [6.45, 7) is 0.734. The Morgan fingerprint density at radius 2 is 1.58 bits per heavy atom. The zero-order chi connectivity index (χ0) is 18.9. The van der Waals surface area contributed by atoms with Gasteiger partial charge >= 0.3 is 0 Å². The number of hydrogen-bond acceptors (Lipinski definition) is 3. The van der Waals surface area contributed by atoms with E-state index in [4.69, 9.17) is 23.2 Å². The van der Waals surface area contributed by atoms with Crippen LogP contribution in [0.4, 0.5) is 4.39 Å². The fraction of sp³-hybridized carbons (Fsp3) is 0.235. The second kappa shape index (κ2) is 7.52. The third-order valence-electron chi connectivity index (χ3n) is 4.15. The first-order valence-corrected chi connectivity index (χ1v) is 9.99. The first-order chi connectivity index (χ1) is 12.3. The number of nitrogens with zero attached hydrogens (tertiary/aromatic N) is 2. The molecular weight excluding hydrogens is 402 g/mol. The minimum absolute atomic E-state index is 0.0148. The monoisotopic (exact) mass is 416 g/mol. The summed E-state index contributed by atoms with van der Waals surface area (Å²) in [5.41, 5.74) is 0.362. The molecule has 26 heavy (non-hydrogen) atoms. The lowest BCUT2D eigenvalue weighted by Crippen LogP contribution is -2.50. The predicted molar refractivity (Wildman–Crippen MR) is 97.5 cm³/mol. The van der Waals surface area contributed by atoms with Crippen molar-refractivity contribution in [2.24, 2.45) is 0 Å². The van der Waals surface area contributed by atoms with Crippen molar-refractivity contribution in [2.45, 2.75) is 4.90 Å². The quantitative estimate of drug-likeness (QED) is 0.771. The van der Waals surface area contributed by atoms with Gasteiger partial charge in [-0.05, 0) is 36.4 Å². The number of carbonyl (C=O) groups excluding carboxylic acids is 1. The van der Waals surface area contributed by atoms with Gasteiger partial charge in [-0.1, -0.05) is 29.3 Å². The highest BCUT2D eigenvalue weighted by atomic mass is 35.5. The molecule has 0 atom stereocenters. The maximum atomic E-state index is 13.0. The Hall–Kier alpha value is -1.67. The summed E-state index contributed by atoms with van der Waals surface area (Å²) in [4.78, 5) is 13.9. The highest BCUT2D eigenvalue weighted by Crippen LogP contribution is 2.31. The number of carbonyl (C=O) groups is 1. The normalized spacial score (nSPS) is 15.9. The van der Waals surface area contributed by atoms with E-state index in [1.165, 1.54) is 46.8 Å². The zero-order valence-electron chi connectivity index (χ0n) is 13.5. The lowest BCUT2D eigenvalue weighted by atomic mass is 10.2. The molecule has 1 aliphatic heterocycles. The summed E-state index contributed by atoms with van der Waals surface area (Å²) in [7, 11) is -3.81. The molecule has 0 saturated carbocycles. The molecule has 2 aromatic rings. The highest BCUT2D eigenvalue weighted by Gasteiger charge is 2.32. The van der Waals surface area contributed by atoms with Crippen molar-refractivity contribution in [1.82, 2.24) is 9.21 Å². The maximum absolute atomic E-state index is 13.0. The van der Waals surface area contributed by atoms with Crippen molar-refractivity contribution < 1.29 is 17.6 Å². The van der Waals surface area contributed by atoms with E-state index in [1.54, 1.807) is 4.90 Å². The zero-order valence-corrected chi connectivity index (χ0v) is 15.9. The molecule has 1 saturated heterocycles. The molecule has 1 heterocycles. The summed E-state index contributed by atoms with van der Waals surface area (Å²) >= 11 is 11.9. The smallest absolute Gasteiger partial charge is 0.253 e. The molecule has 138 valence electrons. The van der Waals surface area contributed by atoms with Gasteiger partial charge in [0.25, 0.3) is 5.91 Å². The number of amides is 1. The van der Waals surface area contributed by atoms with Gasteiger partial charge in [-0.2, -0.15) is 4.31 Å². The van der Waals surface area contributed by atoms with Gasteiger partial charge < -0.3 is 4.90 Å². The summed E-state index contributed by atoms with van der Waals surface area (Å²) in [6.07, 6.45) is 0. The van der Waals surface area contributed by atoms with Gasteiger partial charge in [0.1, 0.15) is 10.7 Å². The van der Waals surface area contributed by atoms with Crippen molar-refractivity contribution in [1.29, 1.82) is 0 Å². The number of halogens is 3. The van der Waals surface area contributed by atoms with Gasteiger partial charge in [0.15, 0.2) is 0 Å². The minimum Gasteiger partial charge on any atom is -0.336 e. The van der Waals surface area contributed by atoms with Crippen LogP contribution in [0.5, 0.6) is 0 Å². The average Bonchev–Trinajstić information content (AvgIpc) is 2.64. The largest absolute Gasteiger partial charge is 0.336 e. The van der Waals surface area contributed by atoms with E-state index < -0.39 is 15.8 Å². The fourth-order valence-electron chi connectivity index (χ4n) is 2.73. The van der Waals surface area contributed by atoms with Crippen LogP contribution in [0.1, 0.15) is 10.4 Å². The molecule has 3 rings (SSSR count). The Morgan fingerprint density at radius 3 is 2.19 bits per heavy atom. The molecule has 0 N–H and O–H groups in total. The van der Waals surface area contributed by atoms with Crippen molar-refractivity contribution >= 4 is 39.1 Å². The lowest BCUT2D eigenvalue weighted by Gasteiger charge is -2.34. The SMILES string of the molecule is O=C(c1ccc(F)cc1)N1CCN(S(=O)(=O)c2cccc(Cl)c2Cl)CC1. The van der Waals surface area contributed by atoms with Crippen LogP contribution in [0.2, 0.25) is 10.0 Å². The molecule has 0 aromatic heterocycles. The molecule has 0 unspecified atom stereocenters. The van der Waals surface area contributed by atoms with E-state index in [9.17, 15) is 17.6 Å². The lowest BCUT2D eigenvalue weighted by molar-refractivity contribution is 0.0698. The Labute approximate surface area is 161 Å². The van der Waals surface area contributed by atoms with Crippen LogP contribution in [0.25, 0.3) is 0 Å². The van der Waals surface area contributed by atoms with Gasteiger partial charge in [-0.3, -0.25) is 4.79 Å². The van der Waals surface area contributed by atoms with E-state index >= 15 is 0 Å². The number of benzene rings is 2. The predicted octanol–water partition coefficient (Wildman–Crippen LogP) is 3.28. The Kier molecular flexibility index (Phi) is 5.53. The molecule has 1 amide bonds. The summed E-state index contributed by atoms with van der Waals surface area (Å²) in [6, 6.07) is 9.69. The summed E-state index contributed by atoms with van der Waals surface area (Å²) < 4.78 is 39.8. The van der Waals surface area contributed by atoms with Gasteiger partial charge in [-0.15, -0.1) is 0 Å². The topological polar surface area (TPSA) is 57.7 Å². The molecule has 0 bridgehead atoms. The molecule has 9 heteroatoms. The van der Waals surface area contributed by atoms with E-state index in [1.807, 2.05) is 0 Å². The van der Waals surface area contributed by atoms with Crippen molar-refractivity contribution in [3.63, 3.8) is 0 Å². The molecule has 1 aliphatic rings. The highest BCUT2D eigenvalue weighted by molar-refractivity contribution is 7.89. The minimum atomic E-state index is -3.81. The molecule has 5 nitrogen and oxygen atoms in total. The molecular formula is C17H15Cl2FN2O3S. The van der Waals surface area contributed by atoms with Crippen LogP contribution in [-0.4, -0.2) is 49.7 Å².